The molecule has 3 fully saturated rings. The van der Waals surface area contributed by atoms with Crippen LogP contribution < -0.4 is 4.74 Å². The standard InChI is InChI=1S/C39H47NO15/c1-15(14-41)35-37(48)40-22-11-26(51-17(3)36(22)54-25(10-16(2)42)52-18(4)38(40)55-35)53-24-13-39(49,19(5)43)12-21-28(24)34(47)30-29(32(21)45)31(44)20-8-7-9-23(50-6)27(20)33(30)46/h7-9,15-18,22,24-26,35-36,38,41-42,45,47,49H,10-14H2,1-6H3/t15-,16-,17+,18+,22+,24+,25-,26+,35+,36-,38-,39+/m1/s1. The minimum atomic E-state index is -2.12. The van der Waals surface area contributed by atoms with E-state index in [1.807, 2.05) is 0 Å². The fraction of sp³-hybridized carbons (Fsp3) is 0.590. The van der Waals surface area contributed by atoms with Gasteiger partial charge in [0.15, 0.2) is 30.4 Å². The minimum absolute atomic E-state index is 0.0534. The molecule has 0 radical (unpaired) electrons. The molecule has 0 aromatic heterocycles. The number of ketones is 3. The highest BCUT2D eigenvalue weighted by molar-refractivity contribution is 6.31. The predicted molar refractivity (Wildman–Crippen MR) is 187 cm³/mol. The van der Waals surface area contributed by atoms with E-state index in [1.54, 1.807) is 27.7 Å². The van der Waals surface area contributed by atoms with E-state index in [9.17, 15) is 44.7 Å². The summed E-state index contributed by atoms with van der Waals surface area (Å²) in [4.78, 5) is 56.5. The van der Waals surface area contributed by atoms with Crippen molar-refractivity contribution in [3.05, 3.63) is 51.6 Å². The maximum Gasteiger partial charge on any atom is 0.254 e. The van der Waals surface area contributed by atoms with Crippen LogP contribution in [0.1, 0.15) is 103 Å². The van der Waals surface area contributed by atoms with Gasteiger partial charge in [0.1, 0.15) is 41.2 Å². The monoisotopic (exact) mass is 769 g/mol. The Bertz CT molecular complexity index is 1910. The van der Waals surface area contributed by atoms with Gasteiger partial charge in [-0.2, -0.15) is 0 Å². The number of phenols is 2. The Labute approximate surface area is 316 Å². The lowest BCUT2D eigenvalue weighted by atomic mass is 9.72. The molecule has 7 rings (SSSR count). The SMILES string of the molecule is COc1cccc2c1C(=O)c1c(O)c3c(c(O)c1C2=O)C[C@@](O)(C(C)=O)C[C@@H]3O[C@H]1C[C@H]2[C@H](O[C@H](C[C@@H](C)O)O[C@@H](C)[C@H]3O[C@@H]([C@H](C)CO)C(=O)N32)[C@H](C)O1. The van der Waals surface area contributed by atoms with E-state index >= 15 is 0 Å². The molecule has 16 heteroatoms. The van der Waals surface area contributed by atoms with Gasteiger partial charge in [-0.05, 0) is 33.8 Å². The second-order valence-corrected chi connectivity index (χ2v) is 15.4. The Kier molecular flexibility index (Phi) is 10.3. The van der Waals surface area contributed by atoms with Crippen LogP contribution >= 0.6 is 0 Å². The van der Waals surface area contributed by atoms with Crippen molar-refractivity contribution in [3.63, 3.8) is 0 Å². The van der Waals surface area contributed by atoms with Crippen LogP contribution in [-0.4, -0.2) is 128 Å². The van der Waals surface area contributed by atoms with Crippen molar-refractivity contribution < 1.29 is 73.1 Å². The Morgan fingerprint density at radius 1 is 1.00 bits per heavy atom. The van der Waals surface area contributed by atoms with Crippen molar-refractivity contribution in [1.29, 1.82) is 0 Å². The van der Waals surface area contributed by atoms with Crippen molar-refractivity contribution in [1.82, 2.24) is 4.90 Å². The van der Waals surface area contributed by atoms with Crippen LogP contribution in [0.25, 0.3) is 0 Å². The molecule has 2 aromatic rings. The summed E-state index contributed by atoms with van der Waals surface area (Å²) in [7, 11) is 1.33. The van der Waals surface area contributed by atoms with Gasteiger partial charge in [0, 0.05) is 54.9 Å². The first-order valence-electron chi connectivity index (χ1n) is 18.5. The fourth-order valence-electron chi connectivity index (χ4n) is 8.68. The number of phenolic OH excluding ortho intramolecular Hbond substituents is 2. The quantitative estimate of drug-likeness (QED) is 0.206. The number of methoxy groups -OCH3 is 1. The number of hydrogen-bond donors (Lipinski definition) is 5. The normalized spacial score (nSPS) is 34.0. The molecule has 3 aliphatic heterocycles. The van der Waals surface area contributed by atoms with Crippen molar-refractivity contribution >= 4 is 23.3 Å². The van der Waals surface area contributed by atoms with Gasteiger partial charge in [0.25, 0.3) is 5.91 Å². The van der Waals surface area contributed by atoms with Gasteiger partial charge < -0.3 is 58.9 Å². The lowest BCUT2D eigenvalue weighted by molar-refractivity contribution is -0.319. The van der Waals surface area contributed by atoms with Crippen LogP contribution in [-0.2, 0) is 39.7 Å². The first kappa shape index (κ1) is 39.2. The van der Waals surface area contributed by atoms with Crippen LogP contribution in [0.5, 0.6) is 17.2 Å². The average molecular weight is 770 g/mol. The van der Waals surface area contributed by atoms with E-state index in [2.05, 4.69) is 0 Å². The highest BCUT2D eigenvalue weighted by atomic mass is 16.7. The number of hydrogen-bond acceptors (Lipinski definition) is 15. The number of aromatic hydroxyl groups is 2. The third-order valence-electron chi connectivity index (χ3n) is 11.5. The van der Waals surface area contributed by atoms with E-state index in [-0.39, 0.29) is 47.5 Å². The molecular formula is C39H47NO15. The molecule has 55 heavy (non-hydrogen) atoms. The van der Waals surface area contributed by atoms with Crippen LogP contribution in [0, 0.1) is 5.92 Å². The second-order valence-electron chi connectivity index (χ2n) is 15.4. The lowest BCUT2D eigenvalue weighted by Gasteiger charge is -2.49. The number of fused-ring (bicyclic) bond motifs is 6. The highest BCUT2D eigenvalue weighted by Crippen LogP contribution is 2.53. The van der Waals surface area contributed by atoms with Crippen LogP contribution in [0.4, 0.5) is 0 Å². The predicted octanol–water partition coefficient (Wildman–Crippen LogP) is 1.79. The first-order valence-corrected chi connectivity index (χ1v) is 18.5. The number of aliphatic hydroxyl groups excluding tert-OH is 2. The third kappa shape index (κ3) is 6.42. The molecule has 3 heterocycles. The zero-order chi connectivity index (χ0) is 39.8. The number of carbonyl (C=O) groups is 4. The zero-order valence-corrected chi connectivity index (χ0v) is 31.4. The minimum Gasteiger partial charge on any atom is -0.507 e. The van der Waals surface area contributed by atoms with Crippen molar-refractivity contribution in [2.45, 2.75) is 127 Å². The summed E-state index contributed by atoms with van der Waals surface area (Å²) in [5, 5.41) is 55.5. The Morgan fingerprint density at radius 3 is 2.36 bits per heavy atom. The highest BCUT2D eigenvalue weighted by Gasteiger charge is 2.56. The molecule has 1 amide bonds. The number of aliphatic hydroxyl groups is 3. The van der Waals surface area contributed by atoms with Gasteiger partial charge in [0.2, 0.25) is 5.78 Å². The molecule has 2 aliphatic carbocycles. The van der Waals surface area contributed by atoms with Gasteiger partial charge in [0.05, 0.1) is 48.2 Å². The number of amides is 1. The summed E-state index contributed by atoms with van der Waals surface area (Å²) in [5.41, 5.74) is -3.48. The number of carbonyl (C=O) groups excluding carboxylic acids is 4. The topological polar surface area (TPSA) is 228 Å². The molecular weight excluding hydrogens is 722 g/mol. The molecule has 0 bridgehead atoms. The average Bonchev–Trinajstić information content (AvgIpc) is 3.47. The van der Waals surface area contributed by atoms with Crippen molar-refractivity contribution in [2.75, 3.05) is 13.7 Å². The van der Waals surface area contributed by atoms with Crippen LogP contribution in [0.3, 0.4) is 0 Å². The van der Waals surface area contributed by atoms with E-state index in [1.165, 1.54) is 37.1 Å². The maximum absolute atomic E-state index is 14.1. The lowest BCUT2D eigenvalue weighted by Crippen LogP contribution is -2.63. The molecule has 12 atom stereocenters. The second kappa shape index (κ2) is 14.5. The van der Waals surface area contributed by atoms with Gasteiger partial charge in [-0.15, -0.1) is 0 Å². The number of nitrogens with zero attached hydrogens (tertiary/aromatic N) is 1. The van der Waals surface area contributed by atoms with Gasteiger partial charge in [-0.1, -0.05) is 19.1 Å². The Hall–Kier alpha value is -4.00. The first-order chi connectivity index (χ1) is 26.0. The number of ether oxygens (including phenoxy) is 6. The van der Waals surface area contributed by atoms with Gasteiger partial charge in [-0.3, -0.25) is 19.2 Å². The molecule has 3 saturated heterocycles. The summed E-state index contributed by atoms with van der Waals surface area (Å²) in [6.45, 7) is 7.52. The number of rotatable bonds is 8. The van der Waals surface area contributed by atoms with E-state index in [0.29, 0.717) is 0 Å². The number of benzene rings is 2. The Morgan fingerprint density at radius 2 is 1.71 bits per heavy atom. The van der Waals surface area contributed by atoms with Gasteiger partial charge >= 0.3 is 0 Å². The summed E-state index contributed by atoms with van der Waals surface area (Å²) >= 11 is 0. The number of Topliss-reactive ketones (excluding diaryl/α,β-unsaturated/α-hetero) is 1. The summed E-state index contributed by atoms with van der Waals surface area (Å²) in [5.74, 6) is -4.45. The van der Waals surface area contributed by atoms with Crippen molar-refractivity contribution in [3.8, 4) is 17.2 Å². The summed E-state index contributed by atoms with van der Waals surface area (Å²) < 4.78 is 37.0. The van der Waals surface area contributed by atoms with Crippen LogP contribution in [0.15, 0.2) is 18.2 Å². The molecule has 16 nitrogen and oxygen atoms in total. The van der Waals surface area contributed by atoms with Crippen LogP contribution in [0.2, 0.25) is 0 Å². The molecule has 0 saturated carbocycles. The smallest absolute Gasteiger partial charge is 0.254 e. The van der Waals surface area contributed by atoms with E-state index in [0.717, 1.165) is 0 Å². The van der Waals surface area contributed by atoms with Gasteiger partial charge in [-0.25, -0.2) is 0 Å². The third-order valence-corrected chi connectivity index (χ3v) is 11.5. The Balaban J connectivity index is 1.29. The fourth-order valence-corrected chi connectivity index (χ4v) is 8.68. The van der Waals surface area contributed by atoms with Crippen molar-refractivity contribution in [2.24, 2.45) is 5.92 Å². The van der Waals surface area contributed by atoms with E-state index < -0.39 is 132 Å². The molecule has 0 spiro atoms. The summed E-state index contributed by atoms with van der Waals surface area (Å²) in [6, 6.07) is 3.62. The summed E-state index contributed by atoms with van der Waals surface area (Å²) in [6.07, 6.45) is -9.44. The molecule has 5 aliphatic rings. The van der Waals surface area contributed by atoms with E-state index in [4.69, 9.17) is 28.4 Å². The molecule has 5 N–H and O–H groups in total. The molecule has 0 unspecified atom stereocenters. The largest absolute Gasteiger partial charge is 0.507 e. The zero-order valence-electron chi connectivity index (χ0n) is 31.4. The maximum atomic E-state index is 14.1. The molecule has 298 valence electrons. The molecule has 2 aromatic carbocycles.